The van der Waals surface area contributed by atoms with Crippen LogP contribution in [0.5, 0.6) is 5.88 Å². The smallest absolute Gasteiger partial charge is 0.255 e. The molecule has 126 valence electrons. The van der Waals surface area contributed by atoms with E-state index in [1.165, 1.54) is 6.20 Å². The van der Waals surface area contributed by atoms with Crippen molar-refractivity contribution in [1.29, 1.82) is 0 Å². The highest BCUT2D eigenvalue weighted by Gasteiger charge is 2.36. The summed E-state index contributed by atoms with van der Waals surface area (Å²) < 4.78 is 17.4. The van der Waals surface area contributed by atoms with E-state index < -0.39 is 6.67 Å². The molecular weight excluding hydrogens is 333 g/mol. The largest absolute Gasteiger partial charge is 0.475 e. The van der Waals surface area contributed by atoms with E-state index in [0.29, 0.717) is 23.1 Å². The summed E-state index contributed by atoms with van der Waals surface area (Å²) in [4.78, 5) is 22.6. The van der Waals surface area contributed by atoms with Crippen molar-refractivity contribution in [3.05, 3.63) is 51.9 Å². The van der Waals surface area contributed by atoms with Gasteiger partial charge in [0, 0.05) is 35.6 Å². The van der Waals surface area contributed by atoms with Gasteiger partial charge in [0.25, 0.3) is 5.91 Å². The van der Waals surface area contributed by atoms with Crippen LogP contribution in [-0.4, -0.2) is 34.1 Å². The molecule has 3 rings (SSSR count). The van der Waals surface area contributed by atoms with Crippen LogP contribution in [0.25, 0.3) is 0 Å². The van der Waals surface area contributed by atoms with Crippen LogP contribution in [0.2, 0.25) is 5.15 Å². The highest BCUT2D eigenvalue weighted by Crippen LogP contribution is 2.37. The second kappa shape index (κ2) is 6.73. The molecular formula is C17H17ClFN3O2. The molecule has 0 aliphatic carbocycles. The fourth-order valence-electron chi connectivity index (χ4n) is 2.92. The van der Waals surface area contributed by atoms with E-state index in [9.17, 15) is 9.18 Å². The number of hydrogen-bond acceptors (Lipinski definition) is 4. The first-order valence-electron chi connectivity index (χ1n) is 7.62. The van der Waals surface area contributed by atoms with Crippen molar-refractivity contribution in [3.8, 4) is 5.88 Å². The Hall–Kier alpha value is -2.21. The fraction of sp³-hybridized carbons (Fsp3) is 0.353. The predicted octanol–water partition coefficient (Wildman–Crippen LogP) is 3.50. The van der Waals surface area contributed by atoms with Crippen LogP contribution in [0.15, 0.2) is 24.5 Å². The second-order valence-electron chi connectivity index (χ2n) is 5.68. The lowest BCUT2D eigenvalue weighted by Crippen LogP contribution is -2.26. The lowest BCUT2D eigenvalue weighted by Gasteiger charge is -2.22. The van der Waals surface area contributed by atoms with E-state index in [1.807, 2.05) is 19.9 Å². The minimum absolute atomic E-state index is 0.0182. The number of carbonyl (C=O) groups is 1. The number of halogens is 2. The van der Waals surface area contributed by atoms with Crippen LogP contribution in [0.4, 0.5) is 4.39 Å². The summed E-state index contributed by atoms with van der Waals surface area (Å²) >= 11 is 6.14. The SMILES string of the molecule is Cc1cc(CN2C(=O)c3ccnc(Cl)c3C2C)cnc1OCCF. The molecule has 0 saturated heterocycles. The molecule has 24 heavy (non-hydrogen) atoms. The lowest BCUT2D eigenvalue weighted by atomic mass is 10.1. The third-order valence-corrected chi connectivity index (χ3v) is 4.37. The number of fused-ring (bicyclic) bond motifs is 1. The quantitative estimate of drug-likeness (QED) is 0.775. The van der Waals surface area contributed by atoms with Crippen LogP contribution in [0.3, 0.4) is 0 Å². The van der Waals surface area contributed by atoms with Gasteiger partial charge in [-0.15, -0.1) is 0 Å². The minimum atomic E-state index is -0.560. The Bertz CT molecular complexity index is 784. The molecule has 3 heterocycles. The number of aryl methyl sites for hydroxylation is 1. The molecule has 0 radical (unpaired) electrons. The van der Waals surface area contributed by atoms with Crippen LogP contribution in [0, 0.1) is 6.92 Å². The number of hydrogen-bond donors (Lipinski definition) is 0. The molecule has 0 fully saturated rings. The summed E-state index contributed by atoms with van der Waals surface area (Å²) in [6.07, 6.45) is 3.18. The van der Waals surface area contributed by atoms with Gasteiger partial charge in [0.1, 0.15) is 18.4 Å². The molecule has 7 heteroatoms. The second-order valence-corrected chi connectivity index (χ2v) is 6.03. The lowest BCUT2D eigenvalue weighted by molar-refractivity contribution is 0.0722. The summed E-state index contributed by atoms with van der Waals surface area (Å²) in [5.74, 6) is 0.338. The number of amides is 1. The van der Waals surface area contributed by atoms with E-state index in [1.54, 1.807) is 17.2 Å². The fourth-order valence-corrected chi connectivity index (χ4v) is 3.23. The molecule has 0 saturated carbocycles. The average Bonchev–Trinajstić information content (AvgIpc) is 2.80. The van der Waals surface area contributed by atoms with Crippen LogP contribution < -0.4 is 4.74 Å². The van der Waals surface area contributed by atoms with Crippen LogP contribution in [-0.2, 0) is 6.54 Å². The van der Waals surface area contributed by atoms with Gasteiger partial charge in [0.15, 0.2) is 0 Å². The Morgan fingerprint density at radius 1 is 1.42 bits per heavy atom. The first-order chi connectivity index (χ1) is 11.5. The van der Waals surface area contributed by atoms with Crippen molar-refractivity contribution in [2.24, 2.45) is 0 Å². The maximum Gasteiger partial charge on any atom is 0.255 e. The summed E-state index contributed by atoms with van der Waals surface area (Å²) in [6, 6.07) is 3.43. The van der Waals surface area contributed by atoms with E-state index in [-0.39, 0.29) is 18.6 Å². The minimum Gasteiger partial charge on any atom is -0.475 e. The number of carbonyl (C=O) groups excluding carboxylic acids is 1. The van der Waals surface area contributed by atoms with E-state index in [2.05, 4.69) is 9.97 Å². The van der Waals surface area contributed by atoms with Gasteiger partial charge in [-0.2, -0.15) is 0 Å². The zero-order chi connectivity index (χ0) is 17.3. The van der Waals surface area contributed by atoms with E-state index >= 15 is 0 Å². The predicted molar refractivity (Wildman–Crippen MR) is 88.0 cm³/mol. The third kappa shape index (κ3) is 2.94. The van der Waals surface area contributed by atoms with Crippen molar-refractivity contribution < 1.29 is 13.9 Å². The maximum absolute atomic E-state index is 12.6. The maximum atomic E-state index is 12.6. The van der Waals surface area contributed by atoms with Crippen molar-refractivity contribution in [1.82, 2.24) is 14.9 Å². The zero-order valence-electron chi connectivity index (χ0n) is 13.4. The Morgan fingerprint density at radius 2 is 2.21 bits per heavy atom. The van der Waals surface area contributed by atoms with Gasteiger partial charge in [-0.25, -0.2) is 14.4 Å². The average molecular weight is 350 g/mol. The first kappa shape index (κ1) is 16.6. The standard InChI is InChI=1S/C17H17ClFN3O2/c1-10-7-12(8-21-16(10)24-6-4-19)9-22-11(2)14-13(17(22)23)3-5-20-15(14)18/h3,5,7-8,11H,4,6,9H2,1-2H3. The molecule has 1 atom stereocenters. The Labute approximate surface area is 144 Å². The molecule has 0 N–H and O–H groups in total. The number of aromatic nitrogens is 2. The van der Waals surface area contributed by atoms with Gasteiger partial charge >= 0.3 is 0 Å². The van der Waals surface area contributed by atoms with Gasteiger partial charge in [-0.1, -0.05) is 11.6 Å². The van der Waals surface area contributed by atoms with Crippen molar-refractivity contribution in [2.45, 2.75) is 26.4 Å². The molecule has 0 bridgehead atoms. The number of rotatable bonds is 5. The summed E-state index contributed by atoms with van der Waals surface area (Å²) in [6.45, 7) is 3.60. The molecule has 0 aromatic carbocycles. The summed E-state index contributed by atoms with van der Waals surface area (Å²) in [7, 11) is 0. The summed E-state index contributed by atoms with van der Waals surface area (Å²) in [5, 5.41) is 0.361. The van der Waals surface area contributed by atoms with Gasteiger partial charge in [-0.3, -0.25) is 4.79 Å². The highest BCUT2D eigenvalue weighted by molar-refractivity contribution is 6.31. The number of alkyl halides is 1. The molecule has 1 aliphatic rings. The molecule has 2 aromatic heterocycles. The molecule has 0 spiro atoms. The third-order valence-electron chi connectivity index (χ3n) is 4.07. The Kier molecular flexibility index (Phi) is 4.66. The van der Waals surface area contributed by atoms with E-state index in [4.69, 9.17) is 16.3 Å². The molecule has 5 nitrogen and oxygen atoms in total. The number of nitrogens with zero attached hydrogens (tertiary/aromatic N) is 3. The van der Waals surface area contributed by atoms with Crippen molar-refractivity contribution >= 4 is 17.5 Å². The van der Waals surface area contributed by atoms with Gasteiger partial charge in [-0.05, 0) is 31.5 Å². The van der Waals surface area contributed by atoms with Crippen molar-refractivity contribution in [2.75, 3.05) is 13.3 Å². The molecule has 2 aromatic rings. The van der Waals surface area contributed by atoms with Gasteiger partial charge < -0.3 is 9.64 Å². The molecule has 1 aliphatic heterocycles. The van der Waals surface area contributed by atoms with Gasteiger partial charge in [0.2, 0.25) is 5.88 Å². The highest BCUT2D eigenvalue weighted by atomic mass is 35.5. The zero-order valence-corrected chi connectivity index (χ0v) is 14.2. The van der Waals surface area contributed by atoms with Crippen LogP contribution in [0.1, 0.15) is 40.0 Å². The number of pyridine rings is 2. The summed E-state index contributed by atoms with van der Waals surface area (Å²) in [5.41, 5.74) is 3.03. The van der Waals surface area contributed by atoms with E-state index in [0.717, 1.165) is 16.7 Å². The van der Waals surface area contributed by atoms with Crippen LogP contribution >= 0.6 is 11.6 Å². The van der Waals surface area contributed by atoms with Crippen molar-refractivity contribution in [3.63, 3.8) is 0 Å². The monoisotopic (exact) mass is 349 g/mol. The normalized spacial score (nSPS) is 16.4. The topological polar surface area (TPSA) is 55.3 Å². The van der Waals surface area contributed by atoms with Gasteiger partial charge in [0.05, 0.1) is 6.04 Å². The molecule has 1 amide bonds. The number of ether oxygens (including phenoxy) is 1. The Balaban J connectivity index is 1.81. The first-order valence-corrected chi connectivity index (χ1v) is 8.00. The Morgan fingerprint density at radius 3 is 2.88 bits per heavy atom. The molecule has 1 unspecified atom stereocenters.